The molecular weight excluding hydrogens is 498 g/mol. The van der Waals surface area contributed by atoms with Gasteiger partial charge < -0.3 is 19.7 Å². The number of nitrogens with one attached hydrogen (secondary N) is 1. The second-order valence-corrected chi connectivity index (χ2v) is 7.61. The molecule has 1 aromatic heterocycles. The third-order valence-electron chi connectivity index (χ3n) is 4.30. The van der Waals surface area contributed by atoms with Crippen molar-refractivity contribution in [2.24, 2.45) is 0 Å². The van der Waals surface area contributed by atoms with E-state index in [-0.39, 0.29) is 34.7 Å². The molecule has 0 atom stereocenters. The van der Waals surface area contributed by atoms with Gasteiger partial charge in [-0.25, -0.2) is 8.78 Å². The number of allylic oxidation sites excluding steroid dienone is 3. The predicted molar refractivity (Wildman–Crippen MR) is 128 cm³/mol. The molecule has 9 heteroatoms. The van der Waals surface area contributed by atoms with E-state index in [1.54, 1.807) is 23.6 Å². The largest absolute Gasteiger partial charge is 0.487 e. The number of amides is 1. The fourth-order valence-electron chi connectivity index (χ4n) is 2.65. The summed E-state index contributed by atoms with van der Waals surface area (Å²) in [5.74, 6) is -1.14. The zero-order valence-corrected chi connectivity index (χ0v) is 20.5. The van der Waals surface area contributed by atoms with Gasteiger partial charge in [0.25, 0.3) is 5.56 Å². The number of nitrogens with zero attached hydrogens (tertiary/aromatic N) is 1. The van der Waals surface area contributed by atoms with Gasteiger partial charge in [0.15, 0.2) is 0 Å². The number of hydrogen-bond acceptors (Lipinski definition) is 4. The second-order valence-electron chi connectivity index (χ2n) is 6.82. The first kappa shape index (κ1) is 28.3. The Kier molecular flexibility index (Phi) is 13.0. The molecule has 0 spiro atoms. The summed E-state index contributed by atoms with van der Waals surface area (Å²) in [7, 11) is 0. The molecule has 2 aromatic rings. The highest BCUT2D eigenvalue weighted by molar-refractivity contribution is 9.10. The van der Waals surface area contributed by atoms with Crippen molar-refractivity contribution in [1.29, 1.82) is 0 Å². The lowest BCUT2D eigenvalue weighted by Gasteiger charge is -2.14. The monoisotopic (exact) mass is 526 g/mol. The Morgan fingerprint density at radius 1 is 1.24 bits per heavy atom. The van der Waals surface area contributed by atoms with E-state index in [1.807, 2.05) is 26.0 Å². The van der Waals surface area contributed by atoms with Crippen molar-refractivity contribution in [2.45, 2.75) is 40.3 Å². The Hall–Kier alpha value is -2.78. The van der Waals surface area contributed by atoms with Crippen molar-refractivity contribution < 1.29 is 23.4 Å². The van der Waals surface area contributed by atoms with Gasteiger partial charge in [-0.3, -0.25) is 9.59 Å². The summed E-state index contributed by atoms with van der Waals surface area (Å²) in [5.41, 5.74) is 0.773. The second kappa shape index (κ2) is 15.1. The van der Waals surface area contributed by atoms with E-state index in [4.69, 9.17) is 9.84 Å². The molecule has 1 amide bonds. The van der Waals surface area contributed by atoms with Gasteiger partial charge in [-0.1, -0.05) is 18.2 Å². The Bertz CT molecular complexity index is 1040. The molecule has 180 valence electrons. The highest BCUT2D eigenvalue weighted by atomic mass is 79.9. The molecule has 2 rings (SSSR count). The van der Waals surface area contributed by atoms with E-state index in [0.717, 1.165) is 18.2 Å². The van der Waals surface area contributed by atoms with Crippen LogP contribution in [0, 0.1) is 18.6 Å². The van der Waals surface area contributed by atoms with Gasteiger partial charge >= 0.3 is 0 Å². The van der Waals surface area contributed by atoms with Gasteiger partial charge in [0.2, 0.25) is 5.91 Å². The zero-order valence-electron chi connectivity index (χ0n) is 18.9. The summed E-state index contributed by atoms with van der Waals surface area (Å²) >= 11 is 3.25. The van der Waals surface area contributed by atoms with Crippen LogP contribution in [0.3, 0.4) is 0 Å². The van der Waals surface area contributed by atoms with Crippen LogP contribution in [0.15, 0.2) is 57.8 Å². The predicted octanol–water partition coefficient (Wildman–Crippen LogP) is 4.41. The van der Waals surface area contributed by atoms with E-state index >= 15 is 0 Å². The highest BCUT2D eigenvalue weighted by Gasteiger charge is 2.13. The summed E-state index contributed by atoms with van der Waals surface area (Å²) in [5, 5.41) is 10.7. The number of halogens is 3. The maximum atomic E-state index is 13.6. The summed E-state index contributed by atoms with van der Waals surface area (Å²) in [6, 6.07) is 5.02. The van der Waals surface area contributed by atoms with E-state index < -0.39 is 11.6 Å². The van der Waals surface area contributed by atoms with Gasteiger partial charge in [-0.05, 0) is 61.3 Å². The molecular formula is C24H29BrF2N2O4. The number of carbonyl (C=O) groups excluding carboxylic acids is 1. The van der Waals surface area contributed by atoms with Gasteiger partial charge in [0.05, 0.1) is 6.61 Å². The minimum absolute atomic E-state index is 0.0106. The topological polar surface area (TPSA) is 80.6 Å². The average molecular weight is 527 g/mol. The number of aliphatic hydroxyl groups excluding tert-OH is 1. The summed E-state index contributed by atoms with van der Waals surface area (Å²) in [6.07, 6.45) is 7.73. The average Bonchev–Trinajstić information content (AvgIpc) is 2.78. The standard InChI is InChI=1S/C18H18BrF2NO2.C6H11NO2/c1-3-4-5-8-22-12(2)9-16(17(19)18(22)23)24-11-13-6-7-14(20)10-15(13)21;1-2-3-6(9)7-4-5-8/h3-4,6-7,9-10H,5,8,11H2,1-2H3;2-3,8H,4-5H2,1H3,(H,7,9)/b4-3-;3-2+. The zero-order chi connectivity index (χ0) is 24.8. The number of aliphatic hydroxyl groups is 1. The van der Waals surface area contributed by atoms with Crippen molar-refractivity contribution in [3.63, 3.8) is 0 Å². The van der Waals surface area contributed by atoms with Crippen molar-refractivity contribution >= 4 is 21.8 Å². The number of aromatic nitrogens is 1. The Labute approximate surface area is 200 Å². The quantitative estimate of drug-likeness (QED) is 0.374. The number of rotatable bonds is 9. The van der Waals surface area contributed by atoms with Crippen LogP contribution in [0.25, 0.3) is 0 Å². The number of pyridine rings is 1. The van der Waals surface area contributed by atoms with Crippen LogP contribution in [0.2, 0.25) is 0 Å². The summed E-state index contributed by atoms with van der Waals surface area (Å²) < 4.78 is 34.0. The Morgan fingerprint density at radius 2 is 1.97 bits per heavy atom. The van der Waals surface area contributed by atoms with Gasteiger partial charge in [-0.15, -0.1) is 0 Å². The first-order valence-corrected chi connectivity index (χ1v) is 11.1. The van der Waals surface area contributed by atoms with Gasteiger partial charge in [0.1, 0.15) is 28.5 Å². The Morgan fingerprint density at radius 3 is 2.58 bits per heavy atom. The lowest BCUT2D eigenvalue weighted by Crippen LogP contribution is -2.24. The van der Waals surface area contributed by atoms with Crippen LogP contribution >= 0.6 is 15.9 Å². The first-order chi connectivity index (χ1) is 15.7. The molecule has 0 aliphatic heterocycles. The molecule has 1 heterocycles. The molecule has 1 aromatic carbocycles. The summed E-state index contributed by atoms with van der Waals surface area (Å²) in [6.45, 7) is 6.30. The molecule has 0 bridgehead atoms. The minimum Gasteiger partial charge on any atom is -0.487 e. The summed E-state index contributed by atoms with van der Waals surface area (Å²) in [4.78, 5) is 22.9. The van der Waals surface area contributed by atoms with Crippen molar-refractivity contribution in [2.75, 3.05) is 13.2 Å². The first-order valence-electron chi connectivity index (χ1n) is 10.3. The molecule has 0 aliphatic rings. The van der Waals surface area contributed by atoms with E-state index in [9.17, 15) is 18.4 Å². The lowest BCUT2D eigenvalue weighted by molar-refractivity contribution is -0.116. The molecule has 0 unspecified atom stereocenters. The molecule has 2 N–H and O–H groups in total. The van der Waals surface area contributed by atoms with Crippen LogP contribution in [0.1, 0.15) is 31.5 Å². The number of hydrogen-bond donors (Lipinski definition) is 2. The third kappa shape index (κ3) is 9.71. The third-order valence-corrected chi connectivity index (χ3v) is 5.03. The van der Waals surface area contributed by atoms with Crippen molar-refractivity contribution in [1.82, 2.24) is 9.88 Å². The van der Waals surface area contributed by atoms with Crippen molar-refractivity contribution in [3.05, 3.63) is 86.3 Å². The van der Waals surface area contributed by atoms with Crippen LogP contribution in [-0.2, 0) is 17.9 Å². The van der Waals surface area contributed by atoms with Gasteiger partial charge in [-0.2, -0.15) is 0 Å². The number of aryl methyl sites for hydroxylation is 1. The molecule has 6 nitrogen and oxygen atoms in total. The lowest BCUT2D eigenvalue weighted by atomic mass is 10.2. The fourth-order valence-corrected chi connectivity index (χ4v) is 3.09. The molecule has 33 heavy (non-hydrogen) atoms. The smallest absolute Gasteiger partial charge is 0.268 e. The van der Waals surface area contributed by atoms with Gasteiger partial charge in [0, 0.05) is 36.5 Å². The van der Waals surface area contributed by atoms with Crippen LogP contribution in [0.4, 0.5) is 8.78 Å². The van der Waals surface area contributed by atoms with Crippen LogP contribution in [-0.4, -0.2) is 28.7 Å². The van der Waals surface area contributed by atoms with Crippen LogP contribution < -0.4 is 15.6 Å². The fraction of sp³-hybridized carbons (Fsp3) is 0.333. The maximum absolute atomic E-state index is 13.6. The SMILES string of the molecule is C/C=C/C(=O)NCCO.C/C=C\CCn1c(C)cc(OCc2ccc(F)cc2F)c(Br)c1=O. The molecule has 0 radical (unpaired) electrons. The van der Waals surface area contributed by atoms with Crippen molar-refractivity contribution in [3.8, 4) is 5.75 Å². The van der Waals surface area contributed by atoms with E-state index in [0.29, 0.717) is 18.8 Å². The van der Waals surface area contributed by atoms with Crippen LogP contribution in [0.5, 0.6) is 5.75 Å². The Balaban J connectivity index is 0.000000513. The number of carbonyl (C=O) groups is 1. The minimum atomic E-state index is -0.678. The number of ether oxygens (including phenoxy) is 1. The molecule has 0 fully saturated rings. The molecule has 0 saturated carbocycles. The number of benzene rings is 1. The highest BCUT2D eigenvalue weighted by Crippen LogP contribution is 2.24. The molecule has 0 saturated heterocycles. The molecule has 0 aliphatic carbocycles. The van der Waals surface area contributed by atoms with E-state index in [1.165, 1.54) is 18.2 Å². The van der Waals surface area contributed by atoms with E-state index in [2.05, 4.69) is 21.2 Å². The normalized spacial score (nSPS) is 10.9. The maximum Gasteiger partial charge on any atom is 0.268 e.